The molecule has 0 atom stereocenters. The van der Waals surface area contributed by atoms with E-state index in [4.69, 9.17) is 5.11 Å². The minimum Gasteiger partial charge on any atom is -0.480 e. The fraction of sp³-hybridized carbons (Fsp3) is 0.286. The molecule has 0 saturated carbocycles. The number of hydrogen-bond acceptors (Lipinski definition) is 4. The number of amides is 3. The number of carbonyl (C=O) groups excluding carboxylic acids is 3. The van der Waals surface area contributed by atoms with Crippen LogP contribution in [0.1, 0.15) is 28.8 Å². The highest BCUT2D eigenvalue weighted by Gasteiger charge is 2.28. The van der Waals surface area contributed by atoms with Crippen LogP contribution in [0.15, 0.2) is 24.3 Å². The first-order valence-electron chi connectivity index (χ1n) is 6.39. The molecule has 110 valence electrons. The molecule has 1 saturated heterocycles. The van der Waals surface area contributed by atoms with Crippen molar-refractivity contribution in [2.45, 2.75) is 19.4 Å². The molecule has 0 bridgehead atoms. The Morgan fingerprint density at radius 2 is 1.67 bits per heavy atom. The molecule has 1 heterocycles. The van der Waals surface area contributed by atoms with E-state index in [1.165, 1.54) is 17.0 Å². The van der Waals surface area contributed by atoms with Crippen molar-refractivity contribution in [3.05, 3.63) is 35.4 Å². The molecule has 21 heavy (non-hydrogen) atoms. The van der Waals surface area contributed by atoms with Gasteiger partial charge in [-0.25, -0.2) is 0 Å². The Morgan fingerprint density at radius 1 is 1.10 bits per heavy atom. The molecule has 0 unspecified atom stereocenters. The van der Waals surface area contributed by atoms with Crippen LogP contribution in [-0.2, 0) is 20.9 Å². The molecular formula is C14H14N2O5. The van der Waals surface area contributed by atoms with E-state index in [1.54, 1.807) is 12.1 Å². The number of nitrogens with zero attached hydrogens (tertiary/aromatic N) is 1. The average molecular weight is 290 g/mol. The molecule has 1 aliphatic heterocycles. The highest BCUT2D eigenvalue weighted by Crippen LogP contribution is 2.16. The van der Waals surface area contributed by atoms with E-state index in [1.807, 2.05) is 0 Å². The molecule has 1 fully saturated rings. The lowest BCUT2D eigenvalue weighted by Crippen LogP contribution is -2.29. The molecule has 3 amide bonds. The van der Waals surface area contributed by atoms with Crippen molar-refractivity contribution in [1.82, 2.24) is 10.2 Å². The lowest BCUT2D eigenvalue weighted by atomic mass is 10.1. The minimum absolute atomic E-state index is 0.189. The number of nitrogens with one attached hydrogen (secondary N) is 1. The first kappa shape index (κ1) is 14.7. The van der Waals surface area contributed by atoms with E-state index in [0.717, 1.165) is 5.56 Å². The summed E-state index contributed by atoms with van der Waals surface area (Å²) in [6.07, 6.45) is 0.489. The van der Waals surface area contributed by atoms with Crippen molar-refractivity contribution in [2.75, 3.05) is 6.54 Å². The lowest BCUT2D eigenvalue weighted by Gasteiger charge is -2.13. The standard InChI is InChI=1S/C14H14N2O5/c17-11-5-6-12(18)16(11)8-9-1-3-10(4-2-9)14(21)15-7-13(19)20/h1-4H,5-8H2,(H,15,21)(H,19,20). The zero-order valence-corrected chi connectivity index (χ0v) is 11.2. The molecule has 2 rings (SSSR count). The van der Waals surface area contributed by atoms with Gasteiger partial charge in [-0.2, -0.15) is 0 Å². The number of benzene rings is 1. The predicted octanol–water partition coefficient (Wildman–Crippen LogP) is 0.150. The number of carboxylic acid groups (broad SMARTS) is 1. The fourth-order valence-electron chi connectivity index (χ4n) is 2.00. The maximum Gasteiger partial charge on any atom is 0.322 e. The van der Waals surface area contributed by atoms with Gasteiger partial charge < -0.3 is 10.4 Å². The predicted molar refractivity (Wildman–Crippen MR) is 71.2 cm³/mol. The molecule has 0 aliphatic carbocycles. The zero-order chi connectivity index (χ0) is 15.4. The van der Waals surface area contributed by atoms with Crippen LogP contribution in [0.4, 0.5) is 0 Å². The summed E-state index contributed by atoms with van der Waals surface area (Å²) < 4.78 is 0. The van der Waals surface area contributed by atoms with Crippen LogP contribution in [0.25, 0.3) is 0 Å². The maximum atomic E-state index is 11.6. The van der Waals surface area contributed by atoms with Crippen LogP contribution >= 0.6 is 0 Å². The smallest absolute Gasteiger partial charge is 0.322 e. The highest BCUT2D eigenvalue weighted by atomic mass is 16.4. The quantitative estimate of drug-likeness (QED) is 0.751. The molecule has 1 aromatic carbocycles. The van der Waals surface area contributed by atoms with Crippen LogP contribution in [0.5, 0.6) is 0 Å². The van der Waals surface area contributed by atoms with Crippen molar-refractivity contribution >= 4 is 23.7 Å². The van der Waals surface area contributed by atoms with Crippen LogP contribution in [0, 0.1) is 0 Å². The van der Waals surface area contributed by atoms with Gasteiger partial charge in [0.15, 0.2) is 0 Å². The third-order valence-corrected chi connectivity index (χ3v) is 3.11. The first-order valence-corrected chi connectivity index (χ1v) is 6.39. The molecular weight excluding hydrogens is 276 g/mol. The van der Waals surface area contributed by atoms with E-state index in [0.29, 0.717) is 5.56 Å². The Bertz CT molecular complexity index is 578. The van der Waals surface area contributed by atoms with E-state index in [9.17, 15) is 19.2 Å². The molecule has 2 N–H and O–H groups in total. The van der Waals surface area contributed by atoms with Crippen molar-refractivity contribution in [1.29, 1.82) is 0 Å². The largest absolute Gasteiger partial charge is 0.480 e. The molecule has 7 nitrogen and oxygen atoms in total. The van der Waals surface area contributed by atoms with Crippen molar-refractivity contribution in [3.63, 3.8) is 0 Å². The van der Waals surface area contributed by atoms with E-state index >= 15 is 0 Å². The van der Waals surface area contributed by atoms with Gasteiger partial charge in [-0.3, -0.25) is 24.1 Å². The number of likely N-dealkylation sites (tertiary alicyclic amines) is 1. The Balaban J connectivity index is 1.98. The Morgan fingerprint density at radius 3 is 2.19 bits per heavy atom. The zero-order valence-electron chi connectivity index (χ0n) is 11.2. The van der Waals surface area contributed by atoms with Crippen molar-refractivity contribution in [3.8, 4) is 0 Å². The molecule has 0 aromatic heterocycles. The van der Waals surface area contributed by atoms with Crippen LogP contribution in [0.3, 0.4) is 0 Å². The van der Waals surface area contributed by atoms with Gasteiger partial charge in [-0.05, 0) is 17.7 Å². The summed E-state index contributed by atoms with van der Waals surface area (Å²) in [6.45, 7) is -0.258. The van der Waals surface area contributed by atoms with Gasteiger partial charge in [-0.15, -0.1) is 0 Å². The first-order chi connectivity index (χ1) is 9.97. The summed E-state index contributed by atoms with van der Waals surface area (Å²) in [7, 11) is 0. The van der Waals surface area contributed by atoms with Gasteiger partial charge in [0.25, 0.3) is 5.91 Å². The Labute approximate surface area is 120 Å². The Hall–Kier alpha value is -2.70. The maximum absolute atomic E-state index is 11.6. The molecule has 1 aromatic rings. The normalized spacial score (nSPS) is 14.4. The molecule has 0 radical (unpaired) electrons. The second-order valence-electron chi connectivity index (χ2n) is 4.65. The lowest BCUT2D eigenvalue weighted by molar-refractivity contribution is -0.139. The second-order valence-corrected chi connectivity index (χ2v) is 4.65. The monoisotopic (exact) mass is 290 g/mol. The summed E-state index contributed by atoms with van der Waals surface area (Å²) in [6, 6.07) is 6.32. The average Bonchev–Trinajstić information content (AvgIpc) is 2.77. The van der Waals surface area contributed by atoms with Crippen LogP contribution in [-0.4, -0.2) is 40.2 Å². The van der Waals surface area contributed by atoms with Gasteiger partial charge in [-0.1, -0.05) is 12.1 Å². The second kappa shape index (κ2) is 6.17. The highest BCUT2D eigenvalue weighted by molar-refractivity contribution is 6.01. The summed E-state index contributed by atoms with van der Waals surface area (Å²) >= 11 is 0. The summed E-state index contributed by atoms with van der Waals surface area (Å²) in [5.74, 6) is -1.99. The van der Waals surface area contributed by atoms with E-state index in [-0.39, 0.29) is 31.2 Å². The fourth-order valence-corrected chi connectivity index (χ4v) is 2.00. The summed E-state index contributed by atoms with van der Waals surface area (Å²) in [5, 5.41) is 10.7. The third kappa shape index (κ3) is 3.65. The molecule has 7 heteroatoms. The molecule has 0 spiro atoms. The van der Waals surface area contributed by atoms with Gasteiger partial charge >= 0.3 is 5.97 Å². The van der Waals surface area contributed by atoms with Crippen molar-refractivity contribution < 1.29 is 24.3 Å². The van der Waals surface area contributed by atoms with Gasteiger partial charge in [0.05, 0.1) is 6.54 Å². The van der Waals surface area contributed by atoms with Crippen molar-refractivity contribution in [2.24, 2.45) is 0 Å². The van der Waals surface area contributed by atoms with Gasteiger partial charge in [0.2, 0.25) is 11.8 Å². The van der Waals surface area contributed by atoms with E-state index < -0.39 is 18.4 Å². The summed E-state index contributed by atoms with van der Waals surface area (Å²) in [4.78, 5) is 46.2. The Kier molecular flexibility index (Phi) is 4.32. The number of hydrogen-bond donors (Lipinski definition) is 2. The molecule has 1 aliphatic rings. The number of carboxylic acids is 1. The van der Waals surface area contributed by atoms with Gasteiger partial charge in [0.1, 0.15) is 6.54 Å². The van der Waals surface area contributed by atoms with Gasteiger partial charge in [0, 0.05) is 18.4 Å². The number of imide groups is 1. The van der Waals surface area contributed by atoms with E-state index in [2.05, 4.69) is 5.32 Å². The number of aliphatic carboxylic acids is 1. The third-order valence-electron chi connectivity index (χ3n) is 3.11. The minimum atomic E-state index is -1.12. The summed E-state index contributed by atoms with van der Waals surface area (Å²) in [5.41, 5.74) is 1.05. The number of carbonyl (C=O) groups is 4. The topological polar surface area (TPSA) is 104 Å². The number of rotatable bonds is 5. The van der Waals surface area contributed by atoms with Crippen LogP contribution in [0.2, 0.25) is 0 Å². The van der Waals surface area contributed by atoms with Crippen LogP contribution < -0.4 is 5.32 Å². The SMILES string of the molecule is O=C(O)CNC(=O)c1ccc(CN2C(=O)CCC2=O)cc1.